The molecule has 1 aromatic carbocycles. The van der Waals surface area contributed by atoms with E-state index in [4.69, 9.17) is 11.6 Å². The van der Waals surface area contributed by atoms with Crippen molar-refractivity contribution in [3.05, 3.63) is 53.2 Å². The Hall–Kier alpha value is -2.49. The van der Waals surface area contributed by atoms with Gasteiger partial charge in [0.15, 0.2) is 0 Å². The molecular weight excluding hydrogens is 418 g/mol. The van der Waals surface area contributed by atoms with E-state index >= 15 is 0 Å². The highest BCUT2D eigenvalue weighted by Crippen LogP contribution is 2.29. The minimum Gasteiger partial charge on any atom is -0.465 e. The second kappa shape index (κ2) is 8.89. The number of nitrogens with zero attached hydrogens (tertiary/aromatic N) is 2. The summed E-state index contributed by atoms with van der Waals surface area (Å²) in [4.78, 5) is 27.9. The maximum Gasteiger partial charge on any atom is 0.337 e. The van der Waals surface area contributed by atoms with E-state index in [2.05, 4.69) is 15.0 Å². The molecule has 8 nitrogen and oxygen atoms in total. The number of anilines is 1. The number of rotatable bonds is 5. The van der Waals surface area contributed by atoms with Gasteiger partial charge < -0.3 is 10.1 Å². The van der Waals surface area contributed by atoms with Crippen LogP contribution in [0.2, 0.25) is 5.02 Å². The fourth-order valence-electron chi connectivity index (χ4n) is 3.12. The van der Waals surface area contributed by atoms with Gasteiger partial charge in [0.25, 0.3) is 0 Å². The summed E-state index contributed by atoms with van der Waals surface area (Å²) in [6.07, 6.45) is 2.35. The topological polar surface area (TPSA) is 106 Å². The summed E-state index contributed by atoms with van der Waals surface area (Å²) in [6.45, 7) is 0.384. The highest BCUT2D eigenvalue weighted by Gasteiger charge is 2.33. The van der Waals surface area contributed by atoms with Crippen molar-refractivity contribution in [2.24, 2.45) is 5.92 Å². The van der Waals surface area contributed by atoms with Crippen LogP contribution < -0.4 is 5.32 Å². The van der Waals surface area contributed by atoms with Gasteiger partial charge in [-0.2, -0.15) is 4.31 Å². The Balaban J connectivity index is 1.67. The number of carbonyl (C=O) groups is 2. The molecule has 0 radical (unpaired) electrons. The molecule has 0 unspecified atom stereocenters. The molecule has 154 valence electrons. The smallest absolute Gasteiger partial charge is 0.337 e. The number of benzene rings is 1. The molecule has 1 fully saturated rings. The lowest BCUT2D eigenvalue weighted by Crippen LogP contribution is -2.41. The highest BCUT2D eigenvalue weighted by atomic mass is 35.5. The number of sulfonamides is 1. The largest absolute Gasteiger partial charge is 0.465 e. The maximum absolute atomic E-state index is 12.9. The molecule has 1 amide bonds. The van der Waals surface area contributed by atoms with Crippen molar-refractivity contribution in [3.63, 3.8) is 0 Å². The van der Waals surface area contributed by atoms with Crippen molar-refractivity contribution in [1.82, 2.24) is 9.29 Å². The number of hydrogen-bond acceptors (Lipinski definition) is 6. The Labute approximate surface area is 173 Å². The Kier molecular flexibility index (Phi) is 6.51. The van der Waals surface area contributed by atoms with Crippen molar-refractivity contribution >= 4 is 39.3 Å². The van der Waals surface area contributed by atoms with Crippen LogP contribution in [0.15, 0.2) is 47.5 Å². The number of carbonyl (C=O) groups excluding carboxylic acids is 2. The summed E-state index contributed by atoms with van der Waals surface area (Å²) in [6, 6.07) is 9.14. The maximum atomic E-state index is 12.9. The number of halogens is 1. The van der Waals surface area contributed by atoms with E-state index in [9.17, 15) is 18.0 Å². The van der Waals surface area contributed by atoms with E-state index in [1.807, 2.05) is 0 Å². The zero-order valence-corrected chi connectivity index (χ0v) is 17.2. The van der Waals surface area contributed by atoms with E-state index in [0.717, 1.165) is 0 Å². The molecule has 1 saturated heterocycles. The SMILES string of the molecule is COC(=O)c1ccc(S(=O)(=O)N2CCC(C(=O)Nc3ccccn3)CC2)c(Cl)c1. The molecule has 0 saturated carbocycles. The van der Waals surface area contributed by atoms with Crippen LogP contribution in [0.4, 0.5) is 5.82 Å². The zero-order chi connectivity index (χ0) is 21.0. The number of pyridine rings is 1. The molecule has 0 spiro atoms. The Morgan fingerprint density at radius 3 is 2.52 bits per heavy atom. The molecule has 10 heteroatoms. The molecule has 0 aliphatic carbocycles. The van der Waals surface area contributed by atoms with Gasteiger partial charge in [0.2, 0.25) is 15.9 Å². The first-order chi connectivity index (χ1) is 13.8. The fraction of sp³-hybridized carbons (Fsp3) is 0.316. The van der Waals surface area contributed by atoms with E-state index in [0.29, 0.717) is 18.7 Å². The van der Waals surface area contributed by atoms with Crippen LogP contribution in [0.25, 0.3) is 0 Å². The van der Waals surface area contributed by atoms with E-state index in [1.165, 1.54) is 29.6 Å². The molecular formula is C19H20ClN3O5S. The first-order valence-electron chi connectivity index (χ1n) is 8.93. The number of esters is 1. The standard InChI is InChI=1S/C19H20ClN3O5S/c1-28-19(25)14-5-6-16(15(20)12-14)29(26,27)23-10-7-13(8-11-23)18(24)22-17-4-2-3-9-21-17/h2-6,9,12-13H,7-8,10-11H2,1H3,(H,21,22,24). The molecule has 1 aliphatic heterocycles. The van der Waals surface area contributed by atoms with E-state index < -0.39 is 16.0 Å². The van der Waals surface area contributed by atoms with Crippen LogP contribution in [0, 0.1) is 5.92 Å². The zero-order valence-electron chi connectivity index (χ0n) is 15.7. The van der Waals surface area contributed by atoms with Gasteiger partial charge in [0.1, 0.15) is 10.7 Å². The van der Waals surface area contributed by atoms with Gasteiger partial charge in [0, 0.05) is 25.2 Å². The minimum atomic E-state index is -3.84. The summed E-state index contributed by atoms with van der Waals surface area (Å²) < 4.78 is 31.8. The summed E-state index contributed by atoms with van der Waals surface area (Å²) >= 11 is 6.12. The summed E-state index contributed by atoms with van der Waals surface area (Å²) in [5.74, 6) is -0.623. The second-order valence-corrected chi connectivity index (χ2v) is 8.83. The number of ether oxygens (including phenoxy) is 1. The van der Waals surface area contributed by atoms with Crippen molar-refractivity contribution < 1.29 is 22.7 Å². The van der Waals surface area contributed by atoms with Gasteiger partial charge in [0.05, 0.1) is 17.7 Å². The van der Waals surface area contributed by atoms with E-state index in [1.54, 1.807) is 24.4 Å². The normalized spacial score (nSPS) is 15.7. The number of methoxy groups -OCH3 is 1. The molecule has 1 aliphatic rings. The van der Waals surface area contributed by atoms with Crippen molar-refractivity contribution in [3.8, 4) is 0 Å². The molecule has 2 heterocycles. The average Bonchev–Trinajstić information content (AvgIpc) is 2.73. The van der Waals surface area contributed by atoms with Crippen molar-refractivity contribution in [2.75, 3.05) is 25.5 Å². The number of amides is 1. The lowest BCUT2D eigenvalue weighted by Gasteiger charge is -2.30. The first kappa shape index (κ1) is 21.2. The van der Waals surface area contributed by atoms with E-state index in [-0.39, 0.29) is 40.4 Å². The predicted octanol–water partition coefficient (Wildman–Crippen LogP) is 2.56. The van der Waals surface area contributed by atoms with Gasteiger partial charge in [-0.3, -0.25) is 4.79 Å². The minimum absolute atomic E-state index is 0.0529. The Morgan fingerprint density at radius 1 is 1.21 bits per heavy atom. The predicted molar refractivity (Wildman–Crippen MR) is 107 cm³/mol. The molecule has 0 atom stereocenters. The van der Waals surface area contributed by atoms with Crippen LogP contribution in [0.5, 0.6) is 0 Å². The lowest BCUT2D eigenvalue weighted by molar-refractivity contribution is -0.120. The molecule has 29 heavy (non-hydrogen) atoms. The molecule has 3 rings (SSSR count). The van der Waals surface area contributed by atoms with Gasteiger partial charge in [-0.15, -0.1) is 0 Å². The molecule has 0 bridgehead atoms. The number of piperidine rings is 1. The Morgan fingerprint density at radius 2 is 1.93 bits per heavy atom. The van der Waals surface area contributed by atoms with Crippen LogP contribution in [-0.4, -0.2) is 49.8 Å². The van der Waals surface area contributed by atoms with Crippen LogP contribution in [0.3, 0.4) is 0 Å². The van der Waals surface area contributed by atoms with Gasteiger partial charge >= 0.3 is 5.97 Å². The third kappa shape index (κ3) is 4.75. The Bertz CT molecular complexity index is 1010. The van der Waals surface area contributed by atoms with Crippen LogP contribution in [0.1, 0.15) is 23.2 Å². The molecule has 1 aromatic heterocycles. The summed E-state index contributed by atoms with van der Waals surface area (Å²) in [7, 11) is -2.61. The van der Waals surface area contributed by atoms with Crippen molar-refractivity contribution in [2.45, 2.75) is 17.7 Å². The number of aromatic nitrogens is 1. The third-order valence-corrected chi connectivity index (χ3v) is 7.09. The average molecular weight is 438 g/mol. The highest BCUT2D eigenvalue weighted by molar-refractivity contribution is 7.89. The second-order valence-electron chi connectivity index (χ2n) is 6.52. The quantitative estimate of drug-likeness (QED) is 0.720. The van der Waals surface area contributed by atoms with Gasteiger partial charge in [-0.1, -0.05) is 17.7 Å². The summed E-state index contributed by atoms with van der Waals surface area (Å²) in [5.41, 5.74) is 0.168. The summed E-state index contributed by atoms with van der Waals surface area (Å²) in [5, 5.41) is 2.69. The van der Waals surface area contributed by atoms with Crippen LogP contribution >= 0.6 is 11.6 Å². The first-order valence-corrected chi connectivity index (χ1v) is 10.7. The monoisotopic (exact) mass is 437 g/mol. The number of hydrogen-bond donors (Lipinski definition) is 1. The molecule has 2 aromatic rings. The number of nitrogens with one attached hydrogen (secondary N) is 1. The van der Waals surface area contributed by atoms with Gasteiger partial charge in [-0.05, 0) is 43.2 Å². The lowest BCUT2D eigenvalue weighted by atomic mass is 9.97. The van der Waals surface area contributed by atoms with Gasteiger partial charge in [-0.25, -0.2) is 18.2 Å². The van der Waals surface area contributed by atoms with Crippen LogP contribution in [-0.2, 0) is 19.6 Å². The molecule has 1 N–H and O–H groups in total. The third-order valence-electron chi connectivity index (χ3n) is 4.71. The fourth-order valence-corrected chi connectivity index (χ4v) is 5.11. The van der Waals surface area contributed by atoms with Crippen molar-refractivity contribution in [1.29, 1.82) is 0 Å².